The molecule has 2 rings (SSSR count). The summed E-state index contributed by atoms with van der Waals surface area (Å²) in [5, 5.41) is 0. The summed E-state index contributed by atoms with van der Waals surface area (Å²) in [6.45, 7) is 8.58. The molecule has 1 fully saturated rings. The number of benzene rings is 1. The summed E-state index contributed by atoms with van der Waals surface area (Å²) in [5.74, 6) is 0.637. The highest BCUT2D eigenvalue weighted by Crippen LogP contribution is 2.28. The first-order valence-electron chi connectivity index (χ1n) is 9.60. The molecular weight excluding hydrogens is 348 g/mol. The highest BCUT2D eigenvalue weighted by molar-refractivity contribution is 7.89. The average Bonchev–Trinajstić information content (AvgIpc) is 2.62. The van der Waals surface area contributed by atoms with Gasteiger partial charge in [-0.15, -0.1) is 0 Å². The van der Waals surface area contributed by atoms with E-state index in [1.807, 2.05) is 32.7 Å². The van der Waals surface area contributed by atoms with Crippen LogP contribution in [-0.2, 0) is 10.0 Å². The van der Waals surface area contributed by atoms with Crippen LogP contribution in [0.2, 0.25) is 0 Å². The van der Waals surface area contributed by atoms with E-state index in [2.05, 4.69) is 6.92 Å². The second kappa shape index (κ2) is 8.53. The molecule has 5 nitrogen and oxygen atoms in total. The molecule has 0 heterocycles. The van der Waals surface area contributed by atoms with Gasteiger partial charge in [0.25, 0.3) is 5.91 Å². The molecule has 1 amide bonds. The number of carbonyl (C=O) groups excluding carboxylic acids is 1. The average molecular weight is 381 g/mol. The topological polar surface area (TPSA) is 57.7 Å². The monoisotopic (exact) mass is 380 g/mol. The number of rotatable bonds is 6. The minimum Gasteiger partial charge on any atom is -0.339 e. The van der Waals surface area contributed by atoms with Crippen molar-refractivity contribution in [1.82, 2.24) is 9.21 Å². The zero-order valence-electron chi connectivity index (χ0n) is 16.7. The number of hydrogen-bond acceptors (Lipinski definition) is 3. The predicted molar refractivity (Wildman–Crippen MR) is 105 cm³/mol. The van der Waals surface area contributed by atoms with Crippen molar-refractivity contribution in [3.63, 3.8) is 0 Å². The van der Waals surface area contributed by atoms with Crippen molar-refractivity contribution in [2.45, 2.75) is 64.3 Å². The highest BCUT2D eigenvalue weighted by atomic mass is 32.2. The maximum absolute atomic E-state index is 13.1. The van der Waals surface area contributed by atoms with Gasteiger partial charge in [0.15, 0.2) is 0 Å². The minimum atomic E-state index is -3.57. The first-order valence-corrected chi connectivity index (χ1v) is 11.0. The molecule has 0 aliphatic heterocycles. The van der Waals surface area contributed by atoms with Crippen LogP contribution in [0.1, 0.15) is 62.4 Å². The molecule has 1 saturated carbocycles. The standard InChI is InChI=1S/C20H32N2O3S/c1-6-22(7-2)26(24,25)18-13-10-16(4)19(14-18)20(23)21(5)17-11-8-15(3)9-12-17/h10,13-15,17H,6-9,11-12H2,1-5H3. The molecule has 0 radical (unpaired) electrons. The van der Waals surface area contributed by atoms with Gasteiger partial charge in [0.1, 0.15) is 0 Å². The molecule has 0 aromatic heterocycles. The summed E-state index contributed by atoms with van der Waals surface area (Å²) in [6.07, 6.45) is 4.30. The highest BCUT2D eigenvalue weighted by Gasteiger charge is 2.28. The lowest BCUT2D eigenvalue weighted by Crippen LogP contribution is -2.39. The minimum absolute atomic E-state index is 0.0846. The van der Waals surface area contributed by atoms with Gasteiger partial charge in [-0.2, -0.15) is 4.31 Å². The summed E-state index contributed by atoms with van der Waals surface area (Å²) in [5.41, 5.74) is 1.30. The molecule has 146 valence electrons. The molecule has 26 heavy (non-hydrogen) atoms. The number of hydrogen-bond donors (Lipinski definition) is 0. The smallest absolute Gasteiger partial charge is 0.254 e. The Morgan fingerprint density at radius 2 is 1.69 bits per heavy atom. The summed E-state index contributed by atoms with van der Waals surface area (Å²) < 4.78 is 27.0. The third kappa shape index (κ3) is 4.29. The van der Waals surface area contributed by atoms with Crippen molar-refractivity contribution in [2.24, 2.45) is 5.92 Å². The van der Waals surface area contributed by atoms with Crippen LogP contribution in [0, 0.1) is 12.8 Å². The van der Waals surface area contributed by atoms with Crippen molar-refractivity contribution in [3.8, 4) is 0 Å². The lowest BCUT2D eigenvalue weighted by Gasteiger charge is -2.34. The van der Waals surface area contributed by atoms with Crippen LogP contribution < -0.4 is 0 Å². The SMILES string of the molecule is CCN(CC)S(=O)(=O)c1ccc(C)c(C(=O)N(C)C2CCC(C)CC2)c1. The Hall–Kier alpha value is -1.40. The molecule has 0 bridgehead atoms. The van der Waals surface area contributed by atoms with Crippen LogP contribution in [0.5, 0.6) is 0 Å². The van der Waals surface area contributed by atoms with E-state index in [9.17, 15) is 13.2 Å². The fourth-order valence-corrected chi connectivity index (χ4v) is 5.17. The van der Waals surface area contributed by atoms with E-state index in [-0.39, 0.29) is 16.8 Å². The van der Waals surface area contributed by atoms with Gasteiger partial charge in [-0.1, -0.05) is 26.8 Å². The van der Waals surface area contributed by atoms with Crippen LogP contribution in [-0.4, -0.2) is 49.7 Å². The van der Waals surface area contributed by atoms with Gasteiger partial charge < -0.3 is 4.90 Å². The summed E-state index contributed by atoms with van der Waals surface area (Å²) in [4.78, 5) is 15.1. The Bertz CT molecular complexity index is 733. The third-order valence-electron chi connectivity index (χ3n) is 5.64. The molecule has 0 unspecified atom stereocenters. The van der Waals surface area contributed by atoms with Crippen LogP contribution in [0.15, 0.2) is 23.1 Å². The van der Waals surface area contributed by atoms with E-state index in [1.54, 1.807) is 18.2 Å². The Kier molecular flexibility index (Phi) is 6.86. The fraction of sp³-hybridized carbons (Fsp3) is 0.650. The van der Waals surface area contributed by atoms with E-state index in [1.165, 1.54) is 4.31 Å². The Morgan fingerprint density at radius 3 is 2.23 bits per heavy atom. The van der Waals surface area contributed by atoms with Gasteiger partial charge in [-0.05, 0) is 56.2 Å². The van der Waals surface area contributed by atoms with Gasteiger partial charge in [0.2, 0.25) is 10.0 Å². The van der Waals surface area contributed by atoms with Crippen LogP contribution in [0.4, 0.5) is 0 Å². The molecule has 1 aliphatic rings. The van der Waals surface area contributed by atoms with Crippen LogP contribution in [0.25, 0.3) is 0 Å². The molecule has 1 aromatic rings. The summed E-state index contributed by atoms with van der Waals surface area (Å²) >= 11 is 0. The van der Waals surface area contributed by atoms with Gasteiger partial charge in [-0.25, -0.2) is 8.42 Å². The maximum Gasteiger partial charge on any atom is 0.254 e. The van der Waals surface area contributed by atoms with Crippen molar-refractivity contribution < 1.29 is 13.2 Å². The second-order valence-corrected chi connectivity index (χ2v) is 9.33. The quantitative estimate of drug-likeness (QED) is 0.756. The molecule has 0 atom stereocenters. The maximum atomic E-state index is 13.1. The van der Waals surface area contributed by atoms with Crippen LogP contribution >= 0.6 is 0 Å². The molecule has 1 aliphatic carbocycles. The first kappa shape index (κ1) is 20.9. The van der Waals surface area contributed by atoms with E-state index in [4.69, 9.17) is 0 Å². The number of amides is 1. The first-order chi connectivity index (χ1) is 12.2. The predicted octanol–water partition coefficient (Wildman–Crippen LogP) is 3.68. The third-order valence-corrected chi connectivity index (χ3v) is 7.68. The summed E-state index contributed by atoms with van der Waals surface area (Å²) in [7, 11) is -1.73. The number of aryl methyl sites for hydroxylation is 1. The van der Waals surface area contributed by atoms with Crippen molar-refractivity contribution in [1.29, 1.82) is 0 Å². The number of sulfonamides is 1. The van der Waals surface area contributed by atoms with Crippen molar-refractivity contribution in [2.75, 3.05) is 20.1 Å². The van der Waals surface area contributed by atoms with E-state index < -0.39 is 10.0 Å². The van der Waals surface area contributed by atoms with E-state index >= 15 is 0 Å². The lowest BCUT2D eigenvalue weighted by molar-refractivity contribution is 0.0678. The fourth-order valence-electron chi connectivity index (χ4n) is 3.69. The zero-order chi connectivity index (χ0) is 19.5. The number of nitrogens with zero attached hydrogens (tertiary/aromatic N) is 2. The second-order valence-electron chi connectivity index (χ2n) is 7.40. The van der Waals surface area contributed by atoms with E-state index in [0.29, 0.717) is 18.7 Å². The van der Waals surface area contributed by atoms with Crippen molar-refractivity contribution in [3.05, 3.63) is 29.3 Å². The normalized spacial score (nSPS) is 21.0. The molecule has 0 N–H and O–H groups in total. The molecule has 0 saturated heterocycles. The van der Waals surface area contributed by atoms with Gasteiger partial charge in [0.05, 0.1) is 4.90 Å². The largest absolute Gasteiger partial charge is 0.339 e. The lowest BCUT2D eigenvalue weighted by atomic mass is 9.86. The Labute approximate surface area is 158 Å². The molecular formula is C20H32N2O3S. The van der Waals surface area contributed by atoms with Gasteiger partial charge in [-0.3, -0.25) is 4.79 Å². The molecule has 0 spiro atoms. The van der Waals surface area contributed by atoms with Crippen molar-refractivity contribution >= 4 is 15.9 Å². The summed E-state index contributed by atoms with van der Waals surface area (Å²) in [6, 6.07) is 5.12. The van der Waals surface area contributed by atoms with Gasteiger partial charge >= 0.3 is 0 Å². The Morgan fingerprint density at radius 1 is 1.12 bits per heavy atom. The molecule has 6 heteroatoms. The molecule has 1 aromatic carbocycles. The van der Waals surface area contributed by atoms with Crippen LogP contribution in [0.3, 0.4) is 0 Å². The van der Waals surface area contributed by atoms with E-state index in [0.717, 1.165) is 37.2 Å². The zero-order valence-corrected chi connectivity index (χ0v) is 17.5. The van der Waals surface area contributed by atoms with Gasteiger partial charge in [0, 0.05) is 31.7 Å². The Balaban J connectivity index is 2.30. The number of carbonyl (C=O) groups is 1.